The standard InChI is InChI=1S/C27H32FN5O7S/c1-6-7-12-40-24(36)26(3,4)32-21(35)20-16(2)22(33-29-10-11-30-33)41-23(20)31(25(32)37)14-27(38,15-34)18-13-17(28)8-9-19(18)39-5/h8-11,13,34,38H,6-7,12,14-15H2,1-5H3. The Hall–Kier alpha value is -3.88. The van der Waals surface area contributed by atoms with Crippen LogP contribution in [0.1, 0.15) is 44.7 Å². The number of fused-ring (bicyclic) bond motifs is 1. The summed E-state index contributed by atoms with van der Waals surface area (Å²) < 4.78 is 26.8. The van der Waals surface area contributed by atoms with Gasteiger partial charge in [0.1, 0.15) is 32.5 Å². The highest BCUT2D eigenvalue weighted by Crippen LogP contribution is 2.35. The molecule has 0 bridgehead atoms. The lowest BCUT2D eigenvalue weighted by Crippen LogP contribution is -2.54. The molecule has 4 rings (SSSR count). The van der Waals surface area contributed by atoms with Gasteiger partial charge in [0, 0.05) is 11.1 Å². The summed E-state index contributed by atoms with van der Waals surface area (Å²) in [6.07, 6.45) is 4.27. The third-order valence-electron chi connectivity index (χ3n) is 6.92. The smallest absolute Gasteiger partial charge is 0.333 e. The number of aromatic nitrogens is 5. The zero-order valence-electron chi connectivity index (χ0n) is 23.4. The molecule has 41 heavy (non-hydrogen) atoms. The highest BCUT2D eigenvalue weighted by Gasteiger charge is 2.39. The third kappa shape index (κ3) is 5.29. The largest absolute Gasteiger partial charge is 0.496 e. The van der Waals surface area contributed by atoms with Crippen molar-refractivity contribution < 1.29 is 28.9 Å². The number of carbonyl (C=O) groups excluding carboxylic acids is 1. The molecule has 1 atom stereocenters. The predicted octanol–water partition coefficient (Wildman–Crippen LogP) is 2.22. The fourth-order valence-corrected chi connectivity index (χ4v) is 5.79. The number of benzene rings is 1. The molecule has 1 aromatic carbocycles. The van der Waals surface area contributed by atoms with Gasteiger partial charge in [-0.1, -0.05) is 24.7 Å². The van der Waals surface area contributed by atoms with Crippen molar-refractivity contribution in [3.8, 4) is 10.8 Å². The molecule has 12 nitrogen and oxygen atoms in total. The molecule has 2 N–H and O–H groups in total. The number of aliphatic hydroxyl groups excluding tert-OH is 1. The summed E-state index contributed by atoms with van der Waals surface area (Å²) in [5.41, 5.74) is -5.35. The summed E-state index contributed by atoms with van der Waals surface area (Å²) in [6, 6.07) is 3.42. The van der Waals surface area contributed by atoms with Crippen LogP contribution >= 0.6 is 11.3 Å². The summed E-state index contributed by atoms with van der Waals surface area (Å²) in [4.78, 5) is 42.7. The number of hydrogen-bond acceptors (Lipinski definition) is 10. The van der Waals surface area contributed by atoms with E-state index in [0.29, 0.717) is 17.0 Å². The number of thiophene rings is 1. The first-order valence-corrected chi connectivity index (χ1v) is 13.7. The molecule has 14 heteroatoms. The highest BCUT2D eigenvalue weighted by molar-refractivity contribution is 7.21. The number of rotatable bonds is 11. The first-order chi connectivity index (χ1) is 19.4. The summed E-state index contributed by atoms with van der Waals surface area (Å²) in [5.74, 6) is -1.42. The summed E-state index contributed by atoms with van der Waals surface area (Å²) in [5, 5.41) is 30.8. The van der Waals surface area contributed by atoms with Crippen molar-refractivity contribution in [3.63, 3.8) is 0 Å². The zero-order valence-corrected chi connectivity index (χ0v) is 24.2. The minimum Gasteiger partial charge on any atom is -0.496 e. The Morgan fingerprint density at radius 2 is 1.88 bits per heavy atom. The molecule has 0 aliphatic heterocycles. The molecule has 4 aromatic rings. The molecule has 3 aromatic heterocycles. The highest BCUT2D eigenvalue weighted by atomic mass is 32.1. The second-order valence-electron chi connectivity index (χ2n) is 10.1. The topological polar surface area (TPSA) is 151 Å². The predicted molar refractivity (Wildman–Crippen MR) is 149 cm³/mol. The summed E-state index contributed by atoms with van der Waals surface area (Å²) in [7, 11) is 1.32. The molecule has 0 saturated carbocycles. The maximum atomic E-state index is 14.3. The van der Waals surface area contributed by atoms with Crippen LogP contribution in [0.3, 0.4) is 0 Å². The second kappa shape index (κ2) is 11.5. The van der Waals surface area contributed by atoms with Crippen LogP contribution in [0.5, 0.6) is 5.75 Å². The Kier molecular flexibility index (Phi) is 8.47. The molecule has 0 aliphatic carbocycles. The maximum absolute atomic E-state index is 14.3. The van der Waals surface area contributed by atoms with Crippen molar-refractivity contribution in [2.45, 2.75) is 58.2 Å². The number of methoxy groups -OCH3 is 1. The average molecular weight is 590 g/mol. The van der Waals surface area contributed by atoms with E-state index in [-0.39, 0.29) is 28.1 Å². The molecule has 0 fully saturated rings. The van der Waals surface area contributed by atoms with Crippen LogP contribution in [0.15, 0.2) is 40.2 Å². The zero-order chi connectivity index (χ0) is 30.1. The lowest BCUT2D eigenvalue weighted by atomic mass is 9.93. The van der Waals surface area contributed by atoms with Crippen LogP contribution in [-0.4, -0.2) is 60.6 Å². The van der Waals surface area contributed by atoms with Gasteiger partial charge >= 0.3 is 11.7 Å². The molecule has 0 amide bonds. The van der Waals surface area contributed by atoms with Crippen molar-refractivity contribution in [3.05, 3.63) is 68.4 Å². The van der Waals surface area contributed by atoms with Crippen molar-refractivity contribution in [2.24, 2.45) is 0 Å². The lowest BCUT2D eigenvalue weighted by molar-refractivity contribution is -0.153. The molecule has 0 saturated heterocycles. The van der Waals surface area contributed by atoms with E-state index >= 15 is 0 Å². The number of nitrogens with zero attached hydrogens (tertiary/aromatic N) is 5. The lowest BCUT2D eigenvalue weighted by Gasteiger charge is -2.30. The van der Waals surface area contributed by atoms with Crippen molar-refractivity contribution in [1.29, 1.82) is 0 Å². The van der Waals surface area contributed by atoms with E-state index in [1.54, 1.807) is 6.92 Å². The molecule has 220 valence electrons. The van der Waals surface area contributed by atoms with E-state index in [1.807, 2.05) is 6.92 Å². The van der Waals surface area contributed by atoms with Gasteiger partial charge in [-0.2, -0.15) is 10.2 Å². The Morgan fingerprint density at radius 3 is 2.49 bits per heavy atom. The number of unbranched alkanes of at least 4 members (excludes halogenated alkanes) is 1. The first kappa shape index (κ1) is 30.1. The van der Waals surface area contributed by atoms with Crippen LogP contribution in [0.2, 0.25) is 0 Å². The van der Waals surface area contributed by atoms with E-state index in [4.69, 9.17) is 9.47 Å². The number of hydrogen-bond donors (Lipinski definition) is 2. The monoisotopic (exact) mass is 589 g/mol. The third-order valence-corrected chi connectivity index (χ3v) is 8.20. The van der Waals surface area contributed by atoms with E-state index in [2.05, 4.69) is 10.2 Å². The summed E-state index contributed by atoms with van der Waals surface area (Å²) >= 11 is 1.01. The van der Waals surface area contributed by atoms with Gasteiger partial charge in [0.05, 0.1) is 44.6 Å². The van der Waals surface area contributed by atoms with Crippen LogP contribution in [0.4, 0.5) is 4.39 Å². The van der Waals surface area contributed by atoms with Gasteiger partial charge < -0.3 is 19.7 Å². The van der Waals surface area contributed by atoms with E-state index < -0.39 is 47.3 Å². The number of ether oxygens (including phenoxy) is 2. The SMILES string of the molecule is CCCCOC(=O)C(C)(C)n1c(=O)c2c(C)c(-n3nccn3)sc2n(CC(O)(CO)c2cc(F)ccc2OC)c1=O. The molecular formula is C27H32FN5O7S. The van der Waals surface area contributed by atoms with Gasteiger partial charge in [0.25, 0.3) is 5.56 Å². The van der Waals surface area contributed by atoms with Gasteiger partial charge in [-0.3, -0.25) is 9.36 Å². The molecular weight excluding hydrogens is 557 g/mol. The van der Waals surface area contributed by atoms with Gasteiger partial charge in [0.15, 0.2) is 0 Å². The number of aliphatic hydroxyl groups is 2. The van der Waals surface area contributed by atoms with Crippen molar-refractivity contribution in [1.82, 2.24) is 24.1 Å². The first-order valence-electron chi connectivity index (χ1n) is 12.9. The van der Waals surface area contributed by atoms with Crippen LogP contribution in [-0.2, 0) is 27.2 Å². The summed E-state index contributed by atoms with van der Waals surface area (Å²) in [6.45, 7) is 4.93. The molecule has 3 heterocycles. The van der Waals surface area contributed by atoms with Crippen molar-refractivity contribution >= 4 is 27.5 Å². The van der Waals surface area contributed by atoms with E-state index in [9.17, 15) is 29.0 Å². The van der Waals surface area contributed by atoms with Crippen molar-refractivity contribution in [2.75, 3.05) is 20.3 Å². The number of esters is 1. The minimum atomic E-state index is -2.24. The normalized spacial score (nSPS) is 13.4. The Bertz CT molecular complexity index is 1690. The van der Waals surface area contributed by atoms with Gasteiger partial charge in [-0.25, -0.2) is 18.5 Å². The van der Waals surface area contributed by atoms with Gasteiger partial charge in [-0.05, 0) is 45.4 Å². The molecule has 0 radical (unpaired) electrons. The second-order valence-corrected chi connectivity index (χ2v) is 11.1. The molecule has 1 unspecified atom stereocenters. The fourth-order valence-electron chi connectivity index (χ4n) is 4.58. The number of halogens is 1. The van der Waals surface area contributed by atoms with Crippen LogP contribution in [0.25, 0.3) is 15.2 Å². The van der Waals surface area contributed by atoms with E-state index in [1.165, 1.54) is 44.2 Å². The van der Waals surface area contributed by atoms with Crippen LogP contribution < -0.4 is 16.0 Å². The number of carbonyl (C=O) groups is 1. The Morgan fingerprint density at radius 1 is 1.20 bits per heavy atom. The van der Waals surface area contributed by atoms with Crippen LogP contribution in [0, 0.1) is 12.7 Å². The number of aryl methyl sites for hydroxylation is 1. The fraction of sp³-hybridized carbons (Fsp3) is 0.444. The van der Waals surface area contributed by atoms with Gasteiger partial charge in [-0.15, -0.1) is 4.80 Å². The Balaban J connectivity index is 2.03. The minimum absolute atomic E-state index is 0.0733. The maximum Gasteiger partial charge on any atom is 0.333 e. The molecule has 0 aliphatic rings. The average Bonchev–Trinajstić information content (AvgIpc) is 3.59. The quantitative estimate of drug-likeness (QED) is 0.198. The van der Waals surface area contributed by atoms with Gasteiger partial charge in [0.2, 0.25) is 0 Å². The Labute approximate surface area is 238 Å². The van der Waals surface area contributed by atoms with E-state index in [0.717, 1.165) is 39.0 Å². The molecule has 0 spiro atoms.